The van der Waals surface area contributed by atoms with E-state index in [0.717, 1.165) is 42.6 Å². The molecule has 1 fully saturated rings. The normalized spacial score (nSPS) is 20.1. The quantitative estimate of drug-likeness (QED) is 0.606. The Hall–Kier alpha value is -2.42. The van der Waals surface area contributed by atoms with Crippen molar-refractivity contribution in [3.63, 3.8) is 0 Å². The van der Waals surface area contributed by atoms with E-state index in [2.05, 4.69) is 10.0 Å². The van der Waals surface area contributed by atoms with Crippen LogP contribution in [0.15, 0.2) is 53.4 Å². The highest BCUT2D eigenvalue weighted by Crippen LogP contribution is 2.29. The fourth-order valence-electron chi connectivity index (χ4n) is 4.10. The van der Waals surface area contributed by atoms with Crippen LogP contribution in [0.2, 0.25) is 0 Å². The first-order valence-electron chi connectivity index (χ1n) is 10.4. The maximum Gasteiger partial charge on any atom is 0.324 e. The standard InChI is InChI=1S/C23H30N2O5S/c1-24-19-6-4-5-18(15-19)22(23(26)30-3)25-31(27,28)21-13-9-17(10-14-21)16-7-11-20(29-2)12-8-16/h7-14,18-19,22,24-25H,4-6,15H2,1-3H3. The molecule has 1 saturated carbocycles. The summed E-state index contributed by atoms with van der Waals surface area (Å²) in [6.45, 7) is 0. The first-order chi connectivity index (χ1) is 14.9. The van der Waals surface area contributed by atoms with Gasteiger partial charge in [0.15, 0.2) is 0 Å². The van der Waals surface area contributed by atoms with Crippen molar-refractivity contribution >= 4 is 16.0 Å². The van der Waals surface area contributed by atoms with E-state index in [1.54, 1.807) is 31.4 Å². The van der Waals surface area contributed by atoms with Gasteiger partial charge in [0.25, 0.3) is 0 Å². The van der Waals surface area contributed by atoms with Crippen LogP contribution < -0.4 is 14.8 Å². The van der Waals surface area contributed by atoms with Crippen LogP contribution in [0.25, 0.3) is 11.1 Å². The van der Waals surface area contributed by atoms with E-state index in [1.165, 1.54) is 7.11 Å². The van der Waals surface area contributed by atoms with Gasteiger partial charge in [0.1, 0.15) is 11.8 Å². The predicted molar refractivity (Wildman–Crippen MR) is 119 cm³/mol. The maximum atomic E-state index is 13.0. The van der Waals surface area contributed by atoms with Gasteiger partial charge >= 0.3 is 5.97 Å². The molecule has 2 N–H and O–H groups in total. The molecule has 2 aromatic carbocycles. The lowest BCUT2D eigenvalue weighted by Gasteiger charge is -2.33. The lowest BCUT2D eigenvalue weighted by atomic mass is 9.81. The summed E-state index contributed by atoms with van der Waals surface area (Å²) in [5.41, 5.74) is 1.83. The van der Waals surface area contributed by atoms with E-state index in [0.29, 0.717) is 0 Å². The highest BCUT2D eigenvalue weighted by Gasteiger charge is 2.36. The van der Waals surface area contributed by atoms with Crippen molar-refractivity contribution in [2.45, 2.75) is 42.7 Å². The molecule has 2 aromatic rings. The van der Waals surface area contributed by atoms with Gasteiger partial charge in [-0.2, -0.15) is 4.72 Å². The number of benzene rings is 2. The van der Waals surface area contributed by atoms with Gasteiger partial charge in [0, 0.05) is 6.04 Å². The molecular weight excluding hydrogens is 416 g/mol. The molecule has 31 heavy (non-hydrogen) atoms. The third-order valence-electron chi connectivity index (χ3n) is 5.92. The van der Waals surface area contributed by atoms with Crippen molar-refractivity contribution in [2.24, 2.45) is 5.92 Å². The second-order valence-corrected chi connectivity index (χ2v) is 9.50. The average molecular weight is 447 g/mol. The predicted octanol–water partition coefficient (Wildman–Crippen LogP) is 2.96. The SMILES string of the molecule is CNC1CCCC(C(NS(=O)(=O)c2ccc(-c3ccc(OC)cc3)cc2)C(=O)OC)C1. The highest BCUT2D eigenvalue weighted by atomic mass is 32.2. The first-order valence-corrected chi connectivity index (χ1v) is 11.9. The van der Waals surface area contributed by atoms with E-state index in [4.69, 9.17) is 9.47 Å². The molecule has 0 aromatic heterocycles. The number of esters is 1. The number of sulfonamides is 1. The van der Waals surface area contributed by atoms with E-state index >= 15 is 0 Å². The average Bonchev–Trinajstić information content (AvgIpc) is 2.82. The minimum Gasteiger partial charge on any atom is -0.497 e. The second-order valence-electron chi connectivity index (χ2n) is 7.79. The van der Waals surface area contributed by atoms with Crippen LogP contribution in [0.3, 0.4) is 0 Å². The fraction of sp³-hybridized carbons (Fsp3) is 0.435. The Kier molecular flexibility index (Phi) is 7.69. The highest BCUT2D eigenvalue weighted by molar-refractivity contribution is 7.89. The topological polar surface area (TPSA) is 93.7 Å². The number of carbonyl (C=O) groups is 1. The van der Waals surface area contributed by atoms with Crippen LogP contribution in [0, 0.1) is 5.92 Å². The largest absolute Gasteiger partial charge is 0.497 e. The van der Waals surface area contributed by atoms with E-state index in [1.807, 2.05) is 31.3 Å². The molecule has 0 radical (unpaired) electrons. The first kappa shape index (κ1) is 23.2. The monoisotopic (exact) mass is 446 g/mol. The Morgan fingerprint density at radius 2 is 1.61 bits per heavy atom. The number of carbonyl (C=O) groups excluding carboxylic acids is 1. The molecule has 3 rings (SSSR count). The lowest BCUT2D eigenvalue weighted by molar-refractivity contribution is -0.144. The molecule has 0 aliphatic heterocycles. The molecule has 0 saturated heterocycles. The van der Waals surface area contributed by atoms with E-state index < -0.39 is 22.0 Å². The summed E-state index contributed by atoms with van der Waals surface area (Å²) in [6, 6.07) is 13.5. The molecule has 0 bridgehead atoms. The van der Waals surface area contributed by atoms with Crippen molar-refractivity contribution in [1.82, 2.24) is 10.0 Å². The minimum absolute atomic E-state index is 0.111. The molecule has 1 aliphatic carbocycles. The Bertz CT molecular complexity index is 974. The van der Waals surface area contributed by atoms with Crippen LogP contribution in [-0.2, 0) is 19.6 Å². The number of methoxy groups -OCH3 is 2. The minimum atomic E-state index is -3.89. The number of ether oxygens (including phenoxy) is 2. The molecule has 3 unspecified atom stereocenters. The smallest absolute Gasteiger partial charge is 0.324 e. The summed E-state index contributed by atoms with van der Waals surface area (Å²) in [5.74, 6) is 0.0800. The summed E-state index contributed by atoms with van der Waals surface area (Å²) in [7, 11) is 0.885. The van der Waals surface area contributed by atoms with Crippen LogP contribution in [0.5, 0.6) is 5.75 Å². The van der Waals surface area contributed by atoms with Gasteiger partial charge in [-0.25, -0.2) is 8.42 Å². The Labute approximate surface area is 184 Å². The molecule has 168 valence electrons. The van der Waals surface area contributed by atoms with Gasteiger partial charge in [0.2, 0.25) is 10.0 Å². The Balaban J connectivity index is 1.79. The summed E-state index contributed by atoms with van der Waals surface area (Å²) in [6.07, 6.45) is 3.44. The second kappa shape index (κ2) is 10.3. The van der Waals surface area contributed by atoms with Crippen LogP contribution >= 0.6 is 0 Å². The van der Waals surface area contributed by atoms with Gasteiger partial charge in [0.05, 0.1) is 19.1 Å². The number of rotatable bonds is 8. The summed E-state index contributed by atoms with van der Waals surface area (Å²) in [5, 5.41) is 3.23. The zero-order valence-electron chi connectivity index (χ0n) is 18.1. The summed E-state index contributed by atoms with van der Waals surface area (Å²) in [4.78, 5) is 12.5. The fourth-order valence-corrected chi connectivity index (χ4v) is 5.35. The lowest BCUT2D eigenvalue weighted by Crippen LogP contribution is -2.49. The Morgan fingerprint density at radius 1 is 1.00 bits per heavy atom. The van der Waals surface area contributed by atoms with Gasteiger partial charge in [-0.15, -0.1) is 0 Å². The van der Waals surface area contributed by atoms with Crippen molar-refractivity contribution in [2.75, 3.05) is 21.3 Å². The van der Waals surface area contributed by atoms with Crippen molar-refractivity contribution in [1.29, 1.82) is 0 Å². The van der Waals surface area contributed by atoms with Crippen molar-refractivity contribution in [3.05, 3.63) is 48.5 Å². The summed E-state index contributed by atoms with van der Waals surface area (Å²) < 4.78 is 38.8. The molecule has 1 aliphatic rings. The maximum absolute atomic E-state index is 13.0. The molecule has 3 atom stereocenters. The van der Waals surface area contributed by atoms with E-state index in [9.17, 15) is 13.2 Å². The summed E-state index contributed by atoms with van der Waals surface area (Å²) >= 11 is 0. The van der Waals surface area contributed by atoms with Gasteiger partial charge < -0.3 is 14.8 Å². The number of nitrogens with one attached hydrogen (secondary N) is 2. The zero-order valence-corrected chi connectivity index (χ0v) is 18.9. The molecule has 0 heterocycles. The third kappa shape index (κ3) is 5.64. The zero-order chi connectivity index (χ0) is 22.4. The van der Waals surface area contributed by atoms with Crippen molar-refractivity contribution in [3.8, 4) is 16.9 Å². The van der Waals surface area contributed by atoms with Crippen molar-refractivity contribution < 1.29 is 22.7 Å². The van der Waals surface area contributed by atoms with Crippen LogP contribution in [0.1, 0.15) is 25.7 Å². The van der Waals surface area contributed by atoms with Crippen LogP contribution in [-0.4, -0.2) is 47.7 Å². The van der Waals surface area contributed by atoms with Gasteiger partial charge in [-0.05, 0) is 67.6 Å². The Morgan fingerprint density at radius 3 is 2.16 bits per heavy atom. The molecule has 0 amide bonds. The number of hydrogen-bond donors (Lipinski definition) is 2. The van der Waals surface area contributed by atoms with Gasteiger partial charge in [-0.3, -0.25) is 4.79 Å². The molecule has 7 nitrogen and oxygen atoms in total. The van der Waals surface area contributed by atoms with E-state index in [-0.39, 0.29) is 16.9 Å². The third-order valence-corrected chi connectivity index (χ3v) is 7.38. The van der Waals surface area contributed by atoms with Gasteiger partial charge in [-0.1, -0.05) is 30.7 Å². The van der Waals surface area contributed by atoms with Crippen LogP contribution in [0.4, 0.5) is 0 Å². The number of hydrogen-bond acceptors (Lipinski definition) is 6. The molecule has 0 spiro atoms. The molecule has 8 heteroatoms. The molecular formula is C23H30N2O5S.